The van der Waals surface area contributed by atoms with Crippen LogP contribution < -0.4 is 0 Å². The fourth-order valence-corrected chi connectivity index (χ4v) is 1.47. The quantitative estimate of drug-likeness (QED) is 0.315. The van der Waals surface area contributed by atoms with Crippen molar-refractivity contribution in [3.8, 4) is 5.75 Å². The summed E-state index contributed by atoms with van der Waals surface area (Å²) in [7, 11) is 1.20. The molecule has 0 bridgehead atoms. The highest BCUT2D eigenvalue weighted by molar-refractivity contribution is 5.89. The van der Waals surface area contributed by atoms with Gasteiger partial charge < -0.3 is 20.1 Å². The zero-order chi connectivity index (χ0) is 14.4. The van der Waals surface area contributed by atoms with E-state index in [2.05, 4.69) is 14.8 Å². The first-order valence-electron chi connectivity index (χ1n) is 5.29. The highest BCUT2D eigenvalue weighted by atomic mass is 16.5. The van der Waals surface area contributed by atoms with E-state index < -0.39 is 18.2 Å². The molecular weight excluding hydrogens is 254 g/mol. The van der Waals surface area contributed by atoms with Crippen LogP contribution in [0.4, 0.5) is 0 Å². The Kier molecular flexibility index (Phi) is 5.13. The molecule has 0 spiro atoms. The normalized spacial score (nSPS) is 13.2. The van der Waals surface area contributed by atoms with Crippen LogP contribution in [0.25, 0.3) is 10.4 Å². The van der Waals surface area contributed by atoms with E-state index in [-0.39, 0.29) is 23.4 Å². The van der Waals surface area contributed by atoms with Gasteiger partial charge in [-0.3, -0.25) is 0 Å². The fraction of sp³-hybridized carbons (Fsp3) is 0.364. The Morgan fingerprint density at radius 1 is 1.53 bits per heavy atom. The number of nitrogens with zero attached hydrogens (tertiary/aromatic N) is 3. The van der Waals surface area contributed by atoms with Crippen molar-refractivity contribution in [2.24, 2.45) is 5.11 Å². The zero-order valence-corrected chi connectivity index (χ0v) is 10.1. The predicted molar refractivity (Wildman–Crippen MR) is 64.4 cm³/mol. The van der Waals surface area contributed by atoms with Crippen LogP contribution in [0, 0.1) is 0 Å². The number of hydrogen-bond acceptors (Lipinski definition) is 6. The summed E-state index contributed by atoms with van der Waals surface area (Å²) in [6.45, 7) is -0.337. The Hall–Kier alpha value is -2.28. The fourth-order valence-electron chi connectivity index (χ4n) is 1.47. The average molecular weight is 267 g/mol. The topological polar surface area (TPSA) is 136 Å². The van der Waals surface area contributed by atoms with E-state index in [1.807, 2.05) is 0 Å². The number of phenolic OH excluding ortho intramolecular Hbond substituents is 1. The van der Waals surface area contributed by atoms with Gasteiger partial charge in [0.05, 0.1) is 25.3 Å². The number of azide groups is 1. The number of aliphatic hydroxyl groups is 2. The molecule has 0 aliphatic heterocycles. The molecule has 0 aliphatic carbocycles. The van der Waals surface area contributed by atoms with Gasteiger partial charge in [0.15, 0.2) is 0 Å². The van der Waals surface area contributed by atoms with Crippen molar-refractivity contribution in [3.05, 3.63) is 39.8 Å². The molecule has 0 heterocycles. The van der Waals surface area contributed by atoms with Crippen LogP contribution >= 0.6 is 0 Å². The van der Waals surface area contributed by atoms with Crippen LogP contribution in [0.1, 0.15) is 22.0 Å². The number of phenols is 1. The Morgan fingerprint density at radius 3 is 2.74 bits per heavy atom. The minimum atomic E-state index is -1.43. The molecule has 0 aliphatic rings. The summed E-state index contributed by atoms with van der Waals surface area (Å²) < 4.78 is 4.48. The molecule has 1 aromatic rings. The van der Waals surface area contributed by atoms with E-state index in [1.165, 1.54) is 19.2 Å². The smallest absolute Gasteiger partial charge is 0.337 e. The summed E-state index contributed by atoms with van der Waals surface area (Å²) in [5.41, 5.74) is 8.24. The van der Waals surface area contributed by atoms with E-state index in [4.69, 9.17) is 5.53 Å². The van der Waals surface area contributed by atoms with Crippen molar-refractivity contribution < 1.29 is 24.9 Å². The summed E-state index contributed by atoms with van der Waals surface area (Å²) in [6, 6.07) is 3.74. The molecule has 19 heavy (non-hydrogen) atoms. The van der Waals surface area contributed by atoms with E-state index in [0.717, 1.165) is 6.07 Å². The van der Waals surface area contributed by atoms with Gasteiger partial charge in [0, 0.05) is 10.5 Å². The van der Waals surface area contributed by atoms with E-state index in [1.54, 1.807) is 0 Å². The third-order valence-corrected chi connectivity index (χ3v) is 2.47. The number of aromatic hydroxyl groups is 1. The number of ether oxygens (including phenoxy) is 1. The van der Waals surface area contributed by atoms with Crippen molar-refractivity contribution in [1.82, 2.24) is 0 Å². The van der Waals surface area contributed by atoms with Gasteiger partial charge in [-0.15, -0.1) is 0 Å². The molecule has 0 aromatic heterocycles. The maximum atomic E-state index is 11.2. The van der Waals surface area contributed by atoms with Crippen molar-refractivity contribution in [2.75, 3.05) is 13.7 Å². The molecule has 0 radical (unpaired) electrons. The van der Waals surface area contributed by atoms with Crippen LogP contribution in [-0.4, -0.2) is 41.0 Å². The molecule has 2 unspecified atom stereocenters. The number of carbonyl (C=O) groups is 1. The molecule has 2 atom stereocenters. The third-order valence-electron chi connectivity index (χ3n) is 2.47. The maximum absolute atomic E-state index is 11.2. The lowest BCUT2D eigenvalue weighted by Gasteiger charge is -2.17. The minimum absolute atomic E-state index is 0.0216. The highest BCUT2D eigenvalue weighted by Crippen LogP contribution is 2.28. The summed E-state index contributed by atoms with van der Waals surface area (Å²) in [4.78, 5) is 13.7. The van der Waals surface area contributed by atoms with Crippen molar-refractivity contribution >= 4 is 5.97 Å². The predicted octanol–water partition coefficient (Wildman–Crippen LogP) is 0.883. The minimum Gasteiger partial charge on any atom is -0.508 e. The van der Waals surface area contributed by atoms with Gasteiger partial charge in [0.25, 0.3) is 0 Å². The van der Waals surface area contributed by atoms with Gasteiger partial charge >= 0.3 is 5.97 Å². The molecule has 1 aromatic carbocycles. The number of methoxy groups -OCH3 is 1. The monoisotopic (exact) mass is 267 g/mol. The Balaban J connectivity index is 2.95. The highest BCUT2D eigenvalue weighted by Gasteiger charge is 2.21. The number of aliphatic hydroxyl groups excluding tert-OH is 2. The van der Waals surface area contributed by atoms with Crippen LogP contribution in [-0.2, 0) is 4.74 Å². The molecule has 0 fully saturated rings. The van der Waals surface area contributed by atoms with Crippen LogP contribution in [0.2, 0.25) is 0 Å². The van der Waals surface area contributed by atoms with Gasteiger partial charge in [0.2, 0.25) is 0 Å². The maximum Gasteiger partial charge on any atom is 0.337 e. The molecule has 0 saturated heterocycles. The molecule has 8 nitrogen and oxygen atoms in total. The first kappa shape index (κ1) is 14.8. The van der Waals surface area contributed by atoms with Crippen molar-refractivity contribution in [1.29, 1.82) is 0 Å². The summed E-state index contributed by atoms with van der Waals surface area (Å²) in [5.74, 6) is -0.999. The Morgan fingerprint density at radius 2 is 2.21 bits per heavy atom. The Bertz CT molecular complexity index is 513. The third kappa shape index (κ3) is 3.59. The van der Waals surface area contributed by atoms with Crippen LogP contribution in [0.15, 0.2) is 23.3 Å². The SMILES string of the molecule is COC(=O)c1ccc(C(O)C(O)CN=[N+]=[N-])c(O)c1. The van der Waals surface area contributed by atoms with Gasteiger partial charge in [-0.25, -0.2) is 4.79 Å². The Labute approximate surface area is 108 Å². The number of esters is 1. The number of carbonyl (C=O) groups excluding carboxylic acids is 1. The summed E-state index contributed by atoms with van der Waals surface area (Å²) in [5, 5.41) is 32.1. The second-order valence-corrected chi connectivity index (χ2v) is 3.69. The summed E-state index contributed by atoms with van der Waals surface area (Å²) >= 11 is 0. The lowest BCUT2D eigenvalue weighted by molar-refractivity contribution is 0.0230. The molecular formula is C11H13N3O5. The molecule has 1 rings (SSSR count). The first-order chi connectivity index (χ1) is 9.01. The van der Waals surface area contributed by atoms with E-state index >= 15 is 0 Å². The second kappa shape index (κ2) is 6.60. The van der Waals surface area contributed by atoms with Crippen LogP contribution in [0.3, 0.4) is 0 Å². The van der Waals surface area contributed by atoms with Crippen molar-refractivity contribution in [3.63, 3.8) is 0 Å². The molecule has 0 saturated carbocycles. The van der Waals surface area contributed by atoms with E-state index in [9.17, 15) is 20.1 Å². The standard InChI is InChI=1S/C11H13N3O5/c1-19-11(18)6-2-3-7(8(15)4-6)10(17)9(16)5-13-14-12/h2-4,9-10,15-17H,5H2,1H3. The summed E-state index contributed by atoms with van der Waals surface area (Å²) in [6.07, 6.45) is -2.79. The largest absolute Gasteiger partial charge is 0.508 e. The van der Waals surface area contributed by atoms with Gasteiger partial charge in [-0.2, -0.15) is 0 Å². The second-order valence-electron chi connectivity index (χ2n) is 3.69. The average Bonchev–Trinajstić information content (AvgIpc) is 2.42. The zero-order valence-electron chi connectivity index (χ0n) is 10.1. The van der Waals surface area contributed by atoms with E-state index in [0.29, 0.717) is 0 Å². The van der Waals surface area contributed by atoms with Gasteiger partial charge in [0.1, 0.15) is 11.9 Å². The lowest BCUT2D eigenvalue weighted by Crippen LogP contribution is -2.21. The molecule has 0 amide bonds. The molecule has 8 heteroatoms. The molecule has 102 valence electrons. The number of hydrogen-bond donors (Lipinski definition) is 3. The molecule has 3 N–H and O–H groups in total. The number of benzene rings is 1. The first-order valence-corrected chi connectivity index (χ1v) is 5.29. The number of rotatable bonds is 5. The van der Waals surface area contributed by atoms with Crippen LogP contribution in [0.5, 0.6) is 5.75 Å². The van der Waals surface area contributed by atoms with Gasteiger partial charge in [-0.1, -0.05) is 11.2 Å². The van der Waals surface area contributed by atoms with Crippen molar-refractivity contribution in [2.45, 2.75) is 12.2 Å². The lowest BCUT2D eigenvalue weighted by atomic mass is 10.0. The van der Waals surface area contributed by atoms with Gasteiger partial charge in [-0.05, 0) is 17.7 Å².